The van der Waals surface area contributed by atoms with Crippen LogP contribution >= 0.6 is 11.3 Å². The predicted molar refractivity (Wildman–Crippen MR) is 110 cm³/mol. The van der Waals surface area contributed by atoms with Crippen LogP contribution in [0.4, 0.5) is 5.13 Å². The quantitative estimate of drug-likeness (QED) is 0.739. The van der Waals surface area contributed by atoms with Gasteiger partial charge < -0.3 is 15.1 Å². The minimum Gasteiger partial charge on any atom is -0.351 e. The first-order valence-corrected chi connectivity index (χ1v) is 11.2. The Labute approximate surface area is 168 Å². The average Bonchev–Trinajstić information content (AvgIpc) is 3.29. The fourth-order valence-corrected chi connectivity index (χ4v) is 4.92. The highest BCUT2D eigenvalue weighted by molar-refractivity contribution is 7.20. The van der Waals surface area contributed by atoms with Crippen LogP contribution in [0, 0.1) is 0 Å². The highest BCUT2D eigenvalue weighted by atomic mass is 32.1. The second-order valence-corrected chi connectivity index (χ2v) is 8.55. The second kappa shape index (κ2) is 9.00. The van der Waals surface area contributed by atoms with Gasteiger partial charge in [-0.2, -0.15) is 9.50 Å². The largest absolute Gasteiger partial charge is 0.351 e. The number of hydrogen-bond donors (Lipinski definition) is 1. The Bertz CT molecular complexity index is 865. The molecule has 0 radical (unpaired) electrons. The van der Waals surface area contributed by atoms with Gasteiger partial charge in [0.1, 0.15) is 5.69 Å². The standard InChI is InChI=1S/C19H28N6O2S/c26-16-14-15(17(27)20-8-7-11-23-9-3-1-2-4-10-23)25-18(21-16)28-19(22-25)24-12-5-6-13-24/h14H,1-13H2,(H,20,27). The molecule has 152 valence electrons. The molecule has 2 saturated heterocycles. The molecule has 2 aromatic heterocycles. The summed E-state index contributed by atoms with van der Waals surface area (Å²) in [7, 11) is 0. The molecule has 0 spiro atoms. The zero-order valence-electron chi connectivity index (χ0n) is 16.2. The number of aromatic nitrogens is 3. The van der Waals surface area contributed by atoms with Crippen molar-refractivity contribution in [2.24, 2.45) is 0 Å². The first-order chi connectivity index (χ1) is 13.7. The van der Waals surface area contributed by atoms with Crippen molar-refractivity contribution in [3.8, 4) is 0 Å². The van der Waals surface area contributed by atoms with Gasteiger partial charge in [0.15, 0.2) is 0 Å². The molecule has 0 saturated carbocycles. The summed E-state index contributed by atoms with van der Waals surface area (Å²) in [5.74, 6) is -0.261. The fourth-order valence-electron chi connectivity index (χ4n) is 3.96. The number of rotatable bonds is 6. The van der Waals surface area contributed by atoms with E-state index in [0.29, 0.717) is 11.5 Å². The molecule has 28 heavy (non-hydrogen) atoms. The van der Waals surface area contributed by atoms with Crippen LogP contribution in [0.25, 0.3) is 4.96 Å². The molecule has 2 aromatic rings. The lowest BCUT2D eigenvalue weighted by atomic mass is 10.2. The first-order valence-electron chi connectivity index (χ1n) is 10.4. The van der Waals surface area contributed by atoms with Crippen molar-refractivity contribution >= 4 is 27.3 Å². The molecule has 9 heteroatoms. The van der Waals surface area contributed by atoms with Gasteiger partial charge >= 0.3 is 0 Å². The molecule has 0 aliphatic carbocycles. The molecule has 1 N–H and O–H groups in total. The number of nitrogens with zero attached hydrogens (tertiary/aromatic N) is 5. The average molecular weight is 405 g/mol. The van der Waals surface area contributed by atoms with Crippen molar-refractivity contribution in [3.05, 3.63) is 22.1 Å². The lowest BCUT2D eigenvalue weighted by molar-refractivity contribution is 0.0944. The van der Waals surface area contributed by atoms with E-state index in [9.17, 15) is 9.59 Å². The van der Waals surface area contributed by atoms with Gasteiger partial charge in [-0.05, 0) is 51.7 Å². The van der Waals surface area contributed by atoms with Crippen molar-refractivity contribution < 1.29 is 4.79 Å². The fraction of sp³-hybridized carbons (Fsp3) is 0.684. The van der Waals surface area contributed by atoms with Crippen molar-refractivity contribution in [2.45, 2.75) is 44.9 Å². The van der Waals surface area contributed by atoms with Gasteiger partial charge in [0, 0.05) is 25.7 Å². The Morgan fingerprint density at radius 3 is 2.54 bits per heavy atom. The number of hydrogen-bond acceptors (Lipinski definition) is 7. The van der Waals surface area contributed by atoms with Crippen LogP contribution in [0.1, 0.15) is 55.4 Å². The summed E-state index contributed by atoms with van der Waals surface area (Å²) in [6.45, 7) is 5.84. The van der Waals surface area contributed by atoms with Crippen LogP contribution in [-0.4, -0.2) is 64.7 Å². The van der Waals surface area contributed by atoms with E-state index in [1.165, 1.54) is 47.6 Å². The Morgan fingerprint density at radius 2 is 1.79 bits per heavy atom. The van der Waals surface area contributed by atoms with Gasteiger partial charge in [-0.1, -0.05) is 24.2 Å². The van der Waals surface area contributed by atoms with Gasteiger partial charge in [-0.25, -0.2) is 0 Å². The number of fused-ring (bicyclic) bond motifs is 1. The van der Waals surface area contributed by atoms with E-state index in [-0.39, 0.29) is 11.6 Å². The van der Waals surface area contributed by atoms with Crippen LogP contribution in [0.15, 0.2) is 10.9 Å². The SMILES string of the molecule is O=C(NCCCN1CCCCCC1)c1cc(=O)nc2sc(N3CCCC3)nn12. The normalized spacial score (nSPS) is 18.5. The van der Waals surface area contributed by atoms with Crippen LogP contribution in [0.2, 0.25) is 0 Å². The van der Waals surface area contributed by atoms with Crippen LogP contribution < -0.4 is 15.8 Å². The first kappa shape index (κ1) is 19.3. The summed E-state index contributed by atoms with van der Waals surface area (Å²) in [4.78, 5) is 33.8. The third kappa shape index (κ3) is 4.52. The highest BCUT2D eigenvalue weighted by Gasteiger charge is 2.20. The number of amides is 1. The maximum Gasteiger partial charge on any atom is 0.274 e. The van der Waals surface area contributed by atoms with Gasteiger partial charge in [0.2, 0.25) is 10.1 Å². The number of carbonyl (C=O) groups excluding carboxylic acids is 1. The molecule has 0 atom stereocenters. The number of anilines is 1. The zero-order chi connectivity index (χ0) is 19.3. The van der Waals surface area contributed by atoms with E-state index in [1.54, 1.807) is 0 Å². The molecule has 8 nitrogen and oxygen atoms in total. The molecule has 0 aromatic carbocycles. The molecule has 4 rings (SSSR count). The van der Waals surface area contributed by atoms with Crippen molar-refractivity contribution in [3.63, 3.8) is 0 Å². The molecule has 0 bridgehead atoms. The van der Waals surface area contributed by atoms with Gasteiger partial charge in [0.05, 0.1) is 0 Å². The predicted octanol–water partition coefficient (Wildman–Crippen LogP) is 1.75. The Morgan fingerprint density at radius 1 is 1.07 bits per heavy atom. The molecule has 0 unspecified atom stereocenters. The van der Waals surface area contributed by atoms with E-state index in [0.717, 1.165) is 57.1 Å². The van der Waals surface area contributed by atoms with Crippen LogP contribution in [0.5, 0.6) is 0 Å². The third-order valence-corrected chi connectivity index (χ3v) is 6.46. The molecule has 2 aliphatic heterocycles. The van der Waals surface area contributed by atoms with Crippen LogP contribution in [0.3, 0.4) is 0 Å². The van der Waals surface area contributed by atoms with Gasteiger partial charge in [0.25, 0.3) is 11.5 Å². The Balaban J connectivity index is 1.39. The molecule has 2 fully saturated rings. The van der Waals surface area contributed by atoms with E-state index in [4.69, 9.17) is 0 Å². The number of nitrogens with one attached hydrogen (secondary N) is 1. The molecule has 4 heterocycles. The topological polar surface area (TPSA) is 82.8 Å². The molecule has 2 aliphatic rings. The minimum absolute atomic E-state index is 0.261. The zero-order valence-corrected chi connectivity index (χ0v) is 17.0. The maximum atomic E-state index is 12.7. The summed E-state index contributed by atoms with van der Waals surface area (Å²) < 4.78 is 1.52. The lowest BCUT2D eigenvalue weighted by Crippen LogP contribution is -2.32. The van der Waals surface area contributed by atoms with Crippen molar-refractivity contribution in [1.82, 2.24) is 24.8 Å². The lowest BCUT2D eigenvalue weighted by Gasteiger charge is -2.19. The van der Waals surface area contributed by atoms with Gasteiger partial charge in [-0.15, -0.1) is 5.10 Å². The third-order valence-electron chi connectivity index (χ3n) is 5.49. The summed E-state index contributed by atoms with van der Waals surface area (Å²) in [6.07, 6.45) is 8.39. The Kier molecular flexibility index (Phi) is 6.21. The molecular formula is C19H28N6O2S. The molecule has 1 amide bonds. The monoisotopic (exact) mass is 404 g/mol. The van der Waals surface area contributed by atoms with Gasteiger partial charge in [-0.3, -0.25) is 9.59 Å². The summed E-state index contributed by atoms with van der Waals surface area (Å²) in [6, 6.07) is 1.28. The minimum atomic E-state index is -0.397. The van der Waals surface area contributed by atoms with E-state index in [1.807, 2.05) is 0 Å². The van der Waals surface area contributed by atoms with Crippen molar-refractivity contribution in [1.29, 1.82) is 0 Å². The van der Waals surface area contributed by atoms with E-state index < -0.39 is 5.56 Å². The smallest absolute Gasteiger partial charge is 0.274 e. The van der Waals surface area contributed by atoms with Crippen molar-refractivity contribution in [2.75, 3.05) is 44.2 Å². The Hall–Kier alpha value is -2.00. The summed E-state index contributed by atoms with van der Waals surface area (Å²) in [5, 5.41) is 8.33. The molecular weight excluding hydrogens is 376 g/mol. The second-order valence-electron chi connectivity index (χ2n) is 7.62. The number of likely N-dealkylation sites (tertiary alicyclic amines) is 1. The van der Waals surface area contributed by atoms with E-state index >= 15 is 0 Å². The van der Waals surface area contributed by atoms with E-state index in [2.05, 4.69) is 25.2 Å². The maximum absolute atomic E-state index is 12.7. The number of carbonyl (C=O) groups is 1. The highest BCUT2D eigenvalue weighted by Crippen LogP contribution is 2.25. The van der Waals surface area contributed by atoms with Crippen LogP contribution in [-0.2, 0) is 0 Å². The summed E-state index contributed by atoms with van der Waals surface area (Å²) in [5.41, 5.74) is -0.127. The summed E-state index contributed by atoms with van der Waals surface area (Å²) >= 11 is 1.37.